The zero-order chi connectivity index (χ0) is 23.7. The SMILES string of the molecule is C[C@H](c1ccccc1C(F)(F)F)N1C(=O)[C@H]2CC1CN2C[C@H](N)C(=O)N1[C@H](C#N)CC2C[C@@H]21. The summed E-state index contributed by atoms with van der Waals surface area (Å²) in [5.74, 6) is -0.0930. The van der Waals surface area contributed by atoms with Crippen LogP contribution < -0.4 is 5.73 Å². The molecule has 3 heterocycles. The molecule has 2 amide bonds. The summed E-state index contributed by atoms with van der Waals surface area (Å²) in [7, 11) is 0. The zero-order valence-electron chi connectivity index (χ0n) is 18.2. The van der Waals surface area contributed by atoms with E-state index in [1.165, 1.54) is 12.1 Å². The molecule has 3 saturated heterocycles. The lowest BCUT2D eigenvalue weighted by Crippen LogP contribution is -2.57. The average molecular weight is 461 g/mol. The van der Waals surface area contributed by atoms with Crippen molar-refractivity contribution in [3.63, 3.8) is 0 Å². The van der Waals surface area contributed by atoms with Gasteiger partial charge < -0.3 is 15.5 Å². The minimum Gasteiger partial charge on any atom is -0.330 e. The molecule has 1 aliphatic carbocycles. The predicted molar refractivity (Wildman–Crippen MR) is 111 cm³/mol. The number of carbonyl (C=O) groups is 2. The number of nitrogens with two attached hydrogens (primary N) is 1. The van der Waals surface area contributed by atoms with E-state index in [9.17, 15) is 28.0 Å². The first-order valence-corrected chi connectivity index (χ1v) is 11.3. The Labute approximate surface area is 189 Å². The summed E-state index contributed by atoms with van der Waals surface area (Å²) < 4.78 is 40.5. The summed E-state index contributed by atoms with van der Waals surface area (Å²) in [6.07, 6.45) is -2.38. The molecule has 10 heteroatoms. The second kappa shape index (κ2) is 7.71. The van der Waals surface area contributed by atoms with E-state index in [-0.39, 0.29) is 36.0 Å². The first-order valence-electron chi connectivity index (χ1n) is 11.3. The maximum Gasteiger partial charge on any atom is 0.416 e. The van der Waals surface area contributed by atoms with Gasteiger partial charge in [-0.25, -0.2) is 0 Å². The maximum atomic E-state index is 13.5. The highest BCUT2D eigenvalue weighted by molar-refractivity contribution is 5.87. The van der Waals surface area contributed by atoms with Crippen LogP contribution in [0.1, 0.15) is 43.4 Å². The highest BCUT2D eigenvalue weighted by Crippen LogP contribution is 2.48. The van der Waals surface area contributed by atoms with Crippen LogP contribution in [0.4, 0.5) is 13.2 Å². The first-order chi connectivity index (χ1) is 15.6. The van der Waals surface area contributed by atoms with Gasteiger partial charge >= 0.3 is 6.18 Å². The van der Waals surface area contributed by atoms with Crippen molar-refractivity contribution in [2.24, 2.45) is 11.7 Å². The molecule has 1 saturated carbocycles. The van der Waals surface area contributed by atoms with E-state index < -0.39 is 35.9 Å². The quantitative estimate of drug-likeness (QED) is 0.723. The highest BCUT2D eigenvalue weighted by atomic mass is 19.4. The summed E-state index contributed by atoms with van der Waals surface area (Å²) >= 11 is 0. The molecule has 2 unspecified atom stereocenters. The Bertz CT molecular complexity index is 1020. The molecule has 176 valence electrons. The Morgan fingerprint density at radius 2 is 2.00 bits per heavy atom. The molecule has 5 rings (SSSR count). The Morgan fingerprint density at radius 3 is 2.67 bits per heavy atom. The maximum absolute atomic E-state index is 13.5. The van der Waals surface area contributed by atoms with Gasteiger partial charge in [-0.1, -0.05) is 18.2 Å². The molecule has 1 aromatic carbocycles. The molecule has 2 bridgehead atoms. The topological polar surface area (TPSA) is 93.7 Å². The number of piperidine rings is 1. The number of fused-ring (bicyclic) bond motifs is 3. The number of nitriles is 1. The summed E-state index contributed by atoms with van der Waals surface area (Å²) in [6, 6.07) is 4.93. The molecule has 4 aliphatic rings. The van der Waals surface area contributed by atoms with Crippen LogP contribution in [0.15, 0.2) is 24.3 Å². The van der Waals surface area contributed by atoms with Crippen LogP contribution >= 0.6 is 0 Å². The Kier molecular flexibility index (Phi) is 5.18. The molecule has 33 heavy (non-hydrogen) atoms. The number of halogens is 3. The number of nitrogens with zero attached hydrogens (tertiary/aromatic N) is 4. The monoisotopic (exact) mass is 461 g/mol. The fraction of sp³-hybridized carbons (Fsp3) is 0.609. The third-order valence-electron chi connectivity index (χ3n) is 7.70. The normalized spacial score (nSPS) is 32.6. The van der Waals surface area contributed by atoms with E-state index >= 15 is 0 Å². The van der Waals surface area contributed by atoms with Crippen LogP contribution in [0.5, 0.6) is 0 Å². The number of hydrogen-bond acceptors (Lipinski definition) is 5. The van der Waals surface area contributed by atoms with Crippen LogP contribution in [-0.2, 0) is 15.8 Å². The highest BCUT2D eigenvalue weighted by Gasteiger charge is 2.56. The fourth-order valence-electron chi connectivity index (χ4n) is 6.08. The number of benzene rings is 1. The molecule has 0 radical (unpaired) electrons. The molecule has 1 aromatic rings. The second-order valence-electron chi connectivity index (χ2n) is 9.66. The Hall–Kier alpha value is -2.64. The number of alkyl halides is 3. The van der Waals surface area contributed by atoms with Crippen molar-refractivity contribution in [3.05, 3.63) is 35.4 Å². The van der Waals surface area contributed by atoms with Gasteiger partial charge in [-0.05, 0) is 43.7 Å². The minimum atomic E-state index is -4.50. The Balaban J connectivity index is 1.26. The van der Waals surface area contributed by atoms with E-state index in [4.69, 9.17) is 5.73 Å². The Morgan fingerprint density at radius 1 is 1.27 bits per heavy atom. The van der Waals surface area contributed by atoms with Gasteiger partial charge in [0.15, 0.2) is 0 Å². The summed E-state index contributed by atoms with van der Waals surface area (Å²) in [5, 5.41) is 9.34. The van der Waals surface area contributed by atoms with Gasteiger partial charge in [-0.15, -0.1) is 0 Å². The van der Waals surface area contributed by atoms with Gasteiger partial charge in [0.2, 0.25) is 11.8 Å². The smallest absolute Gasteiger partial charge is 0.330 e. The molecule has 3 aliphatic heterocycles. The van der Waals surface area contributed by atoms with Crippen LogP contribution in [0.25, 0.3) is 0 Å². The lowest BCUT2D eigenvalue weighted by molar-refractivity contribution is -0.143. The van der Waals surface area contributed by atoms with Crippen molar-refractivity contribution >= 4 is 11.8 Å². The molecule has 0 aromatic heterocycles. The fourth-order valence-corrected chi connectivity index (χ4v) is 6.08. The minimum absolute atomic E-state index is 0.0832. The second-order valence-corrected chi connectivity index (χ2v) is 9.66. The van der Waals surface area contributed by atoms with Gasteiger partial charge in [0.1, 0.15) is 6.04 Å². The van der Waals surface area contributed by atoms with Crippen LogP contribution in [0.3, 0.4) is 0 Å². The van der Waals surface area contributed by atoms with Crippen LogP contribution in [0, 0.1) is 17.2 Å². The molecule has 0 spiro atoms. The van der Waals surface area contributed by atoms with Crippen molar-refractivity contribution in [2.45, 2.75) is 68.6 Å². The van der Waals surface area contributed by atoms with Gasteiger partial charge in [-0.2, -0.15) is 18.4 Å². The van der Waals surface area contributed by atoms with Crippen molar-refractivity contribution in [2.75, 3.05) is 13.1 Å². The van der Waals surface area contributed by atoms with E-state index in [2.05, 4.69) is 6.07 Å². The number of piperazine rings is 1. The molecular formula is C23H26F3N5O2. The van der Waals surface area contributed by atoms with Crippen molar-refractivity contribution in [1.29, 1.82) is 5.26 Å². The van der Waals surface area contributed by atoms with E-state index in [1.807, 2.05) is 4.90 Å². The zero-order valence-corrected chi connectivity index (χ0v) is 18.2. The van der Waals surface area contributed by atoms with Crippen LogP contribution in [0.2, 0.25) is 0 Å². The average Bonchev–Trinajstić information content (AvgIpc) is 3.11. The molecule has 2 N–H and O–H groups in total. The van der Waals surface area contributed by atoms with E-state index in [0.29, 0.717) is 25.3 Å². The molecule has 7 atom stereocenters. The number of carbonyl (C=O) groups excluding carboxylic acids is 2. The lowest BCUT2D eigenvalue weighted by Gasteiger charge is -2.39. The summed E-state index contributed by atoms with van der Waals surface area (Å²) in [6.45, 7) is 2.28. The first kappa shape index (κ1) is 22.2. The van der Waals surface area contributed by atoms with Crippen molar-refractivity contribution in [1.82, 2.24) is 14.7 Å². The number of rotatable bonds is 5. The van der Waals surface area contributed by atoms with Gasteiger partial charge in [-0.3, -0.25) is 14.5 Å². The van der Waals surface area contributed by atoms with Crippen molar-refractivity contribution in [3.8, 4) is 6.07 Å². The predicted octanol–water partition coefficient (Wildman–Crippen LogP) is 1.89. The standard InChI is InChI=1S/C23H26F3N5O2/c1-12(16-4-2-3-5-17(16)23(24,25)26)30-15-8-20(22(30)33)29(10-15)11-18(28)21(32)31-14(9-27)6-13-7-19(13)31/h2-5,12-15,18-20H,6-8,10-11,28H2,1H3/t12-,13?,14+,15?,18+,19+,20-/m1/s1. The lowest BCUT2D eigenvalue weighted by atomic mass is 9.99. The molecule has 4 fully saturated rings. The third-order valence-corrected chi connectivity index (χ3v) is 7.70. The summed E-state index contributed by atoms with van der Waals surface area (Å²) in [4.78, 5) is 31.1. The van der Waals surface area contributed by atoms with Gasteiger partial charge in [0.25, 0.3) is 0 Å². The van der Waals surface area contributed by atoms with Crippen molar-refractivity contribution < 1.29 is 22.8 Å². The molecular weight excluding hydrogens is 435 g/mol. The van der Waals surface area contributed by atoms with E-state index in [0.717, 1.165) is 12.5 Å². The third kappa shape index (κ3) is 3.58. The largest absolute Gasteiger partial charge is 0.416 e. The number of likely N-dealkylation sites (tertiary alicyclic amines) is 3. The van der Waals surface area contributed by atoms with Gasteiger partial charge in [0.05, 0.1) is 29.8 Å². The van der Waals surface area contributed by atoms with E-state index in [1.54, 1.807) is 22.8 Å². The molecule has 7 nitrogen and oxygen atoms in total. The number of amides is 2. The summed E-state index contributed by atoms with van der Waals surface area (Å²) in [5.41, 5.74) is 5.57. The van der Waals surface area contributed by atoms with Gasteiger partial charge in [0, 0.05) is 25.2 Å². The van der Waals surface area contributed by atoms with Crippen LogP contribution in [-0.4, -0.2) is 69.8 Å². The number of hydrogen-bond donors (Lipinski definition) is 1.